The molecule has 3 rings (SSSR count). The zero-order valence-electron chi connectivity index (χ0n) is 11.1. The van der Waals surface area contributed by atoms with E-state index in [0.717, 1.165) is 12.4 Å². The Morgan fingerprint density at radius 2 is 1.91 bits per heavy atom. The van der Waals surface area contributed by atoms with E-state index in [1.807, 2.05) is 0 Å². The standard InChI is InChI=1S/C12H8F4N6/c1-17-10-6(14)2-5(13)9(21-10)7-3-18-11-8(20-7)4-19-22(11)12(15)16/h2-4,12H,1H3,(H,17,21). The highest BCUT2D eigenvalue weighted by molar-refractivity contribution is 5.73. The van der Waals surface area contributed by atoms with Crippen LogP contribution < -0.4 is 5.32 Å². The van der Waals surface area contributed by atoms with Gasteiger partial charge in [0.25, 0.3) is 0 Å². The number of fused-ring (bicyclic) bond motifs is 1. The topological polar surface area (TPSA) is 68.5 Å². The van der Waals surface area contributed by atoms with E-state index in [4.69, 9.17) is 0 Å². The van der Waals surface area contributed by atoms with Gasteiger partial charge >= 0.3 is 6.55 Å². The second-order valence-corrected chi connectivity index (χ2v) is 4.23. The van der Waals surface area contributed by atoms with Crippen molar-refractivity contribution in [3.05, 3.63) is 30.1 Å². The van der Waals surface area contributed by atoms with E-state index >= 15 is 0 Å². The van der Waals surface area contributed by atoms with Gasteiger partial charge in [0, 0.05) is 13.1 Å². The smallest absolute Gasteiger partial charge is 0.335 e. The molecule has 6 nitrogen and oxygen atoms in total. The summed E-state index contributed by atoms with van der Waals surface area (Å²) in [5.41, 5.74) is -0.357. The van der Waals surface area contributed by atoms with Crippen molar-refractivity contribution in [3.63, 3.8) is 0 Å². The molecule has 114 valence electrons. The second-order valence-electron chi connectivity index (χ2n) is 4.23. The molecule has 3 aromatic heterocycles. The maximum atomic E-state index is 13.8. The van der Waals surface area contributed by atoms with Crippen LogP contribution in [0, 0.1) is 11.6 Å². The van der Waals surface area contributed by atoms with Gasteiger partial charge in [-0.3, -0.25) is 0 Å². The third-order valence-electron chi connectivity index (χ3n) is 2.89. The first-order chi connectivity index (χ1) is 10.5. The zero-order valence-corrected chi connectivity index (χ0v) is 11.1. The van der Waals surface area contributed by atoms with Crippen molar-refractivity contribution in [2.24, 2.45) is 0 Å². The SMILES string of the molecule is CNc1nc(-c2cnc3c(cnn3C(F)F)n2)c(F)cc1F. The molecule has 22 heavy (non-hydrogen) atoms. The lowest BCUT2D eigenvalue weighted by molar-refractivity contribution is 0.0608. The van der Waals surface area contributed by atoms with Crippen LogP contribution in [0.4, 0.5) is 23.4 Å². The minimum absolute atomic E-state index is 0.0182. The molecule has 0 amide bonds. The van der Waals surface area contributed by atoms with Crippen molar-refractivity contribution in [2.45, 2.75) is 6.55 Å². The first-order valence-electron chi connectivity index (χ1n) is 6.04. The molecule has 1 N–H and O–H groups in total. The summed E-state index contributed by atoms with van der Waals surface area (Å²) in [6.45, 7) is -2.87. The lowest BCUT2D eigenvalue weighted by Crippen LogP contribution is -2.03. The third kappa shape index (κ3) is 2.22. The van der Waals surface area contributed by atoms with E-state index < -0.39 is 18.2 Å². The molecule has 0 saturated carbocycles. The van der Waals surface area contributed by atoms with Crippen molar-refractivity contribution in [1.82, 2.24) is 24.7 Å². The molecule has 0 unspecified atom stereocenters. The highest BCUT2D eigenvalue weighted by Gasteiger charge is 2.18. The summed E-state index contributed by atoms with van der Waals surface area (Å²) in [4.78, 5) is 11.5. The molecular weight excluding hydrogens is 304 g/mol. The summed E-state index contributed by atoms with van der Waals surface area (Å²) in [6, 6.07) is 0.655. The number of pyridine rings is 1. The molecule has 0 bridgehead atoms. The fraction of sp³-hybridized carbons (Fsp3) is 0.167. The summed E-state index contributed by atoms with van der Waals surface area (Å²) in [7, 11) is 1.43. The summed E-state index contributed by atoms with van der Waals surface area (Å²) in [5.74, 6) is -1.96. The average molecular weight is 312 g/mol. The number of hydrogen-bond donors (Lipinski definition) is 1. The van der Waals surface area contributed by atoms with Crippen molar-refractivity contribution < 1.29 is 17.6 Å². The maximum absolute atomic E-state index is 13.8. The Morgan fingerprint density at radius 3 is 2.59 bits per heavy atom. The Labute approximate surface area is 120 Å². The Morgan fingerprint density at radius 1 is 1.14 bits per heavy atom. The Balaban J connectivity index is 2.15. The fourth-order valence-electron chi connectivity index (χ4n) is 1.91. The lowest BCUT2D eigenvalue weighted by Gasteiger charge is -2.06. The minimum atomic E-state index is -2.87. The summed E-state index contributed by atoms with van der Waals surface area (Å²) >= 11 is 0. The van der Waals surface area contributed by atoms with Crippen LogP contribution in [0.3, 0.4) is 0 Å². The van der Waals surface area contributed by atoms with Gasteiger partial charge in [0.05, 0.1) is 12.4 Å². The van der Waals surface area contributed by atoms with Crippen LogP contribution in [0.2, 0.25) is 0 Å². The highest BCUT2D eigenvalue weighted by atomic mass is 19.3. The number of halogens is 4. The molecule has 0 fully saturated rings. The minimum Gasteiger partial charge on any atom is -0.371 e. The van der Waals surface area contributed by atoms with Crippen molar-refractivity contribution in [2.75, 3.05) is 12.4 Å². The molecule has 0 spiro atoms. The number of nitrogens with zero attached hydrogens (tertiary/aromatic N) is 5. The van der Waals surface area contributed by atoms with Gasteiger partial charge in [-0.05, 0) is 0 Å². The van der Waals surface area contributed by atoms with Crippen LogP contribution >= 0.6 is 0 Å². The molecule has 0 radical (unpaired) electrons. The fourth-order valence-corrected chi connectivity index (χ4v) is 1.91. The first-order valence-corrected chi connectivity index (χ1v) is 6.04. The molecule has 10 heteroatoms. The number of alkyl halides is 2. The van der Waals surface area contributed by atoms with Gasteiger partial charge in [0.1, 0.15) is 16.9 Å². The molecule has 0 aromatic carbocycles. The number of nitrogens with one attached hydrogen (secondary N) is 1. The van der Waals surface area contributed by atoms with E-state index in [0.29, 0.717) is 10.7 Å². The molecular formula is C12H8F4N6. The molecule has 0 aliphatic rings. The second kappa shape index (κ2) is 5.20. The van der Waals surface area contributed by atoms with E-state index in [2.05, 4.69) is 25.4 Å². The van der Waals surface area contributed by atoms with E-state index in [1.165, 1.54) is 7.05 Å². The normalized spacial score (nSPS) is 11.4. The molecule has 0 aliphatic carbocycles. The van der Waals surface area contributed by atoms with Gasteiger partial charge in [-0.15, -0.1) is 0 Å². The lowest BCUT2D eigenvalue weighted by atomic mass is 10.2. The van der Waals surface area contributed by atoms with E-state index in [-0.39, 0.29) is 28.4 Å². The van der Waals surface area contributed by atoms with Gasteiger partial charge in [0.2, 0.25) is 0 Å². The first kappa shape index (κ1) is 14.2. The van der Waals surface area contributed by atoms with Crippen molar-refractivity contribution in [1.29, 1.82) is 0 Å². The number of anilines is 1. The Bertz CT molecular complexity index is 847. The molecule has 3 aromatic rings. The number of hydrogen-bond acceptors (Lipinski definition) is 5. The van der Waals surface area contributed by atoms with Crippen molar-refractivity contribution in [3.8, 4) is 11.4 Å². The monoisotopic (exact) mass is 312 g/mol. The van der Waals surface area contributed by atoms with E-state index in [9.17, 15) is 17.6 Å². The number of rotatable bonds is 3. The maximum Gasteiger partial charge on any atom is 0.335 e. The predicted octanol–water partition coefficient (Wildman–Crippen LogP) is 2.60. The molecule has 3 heterocycles. The van der Waals surface area contributed by atoms with Gasteiger partial charge in [-0.25, -0.2) is 23.7 Å². The van der Waals surface area contributed by atoms with Gasteiger partial charge in [-0.1, -0.05) is 0 Å². The Kier molecular flexibility index (Phi) is 3.35. The summed E-state index contributed by atoms with van der Waals surface area (Å²) in [6.07, 6.45) is 2.16. The van der Waals surface area contributed by atoms with E-state index in [1.54, 1.807) is 0 Å². The Hall–Kier alpha value is -2.78. The van der Waals surface area contributed by atoms with Gasteiger partial charge in [-0.2, -0.15) is 18.6 Å². The highest BCUT2D eigenvalue weighted by Crippen LogP contribution is 2.25. The molecule has 0 atom stereocenters. The van der Waals surface area contributed by atoms with Crippen molar-refractivity contribution >= 4 is 17.0 Å². The van der Waals surface area contributed by atoms with Crippen LogP contribution in [-0.2, 0) is 0 Å². The zero-order chi connectivity index (χ0) is 15.9. The van der Waals surface area contributed by atoms with Crippen LogP contribution in [0.5, 0.6) is 0 Å². The number of aromatic nitrogens is 5. The largest absolute Gasteiger partial charge is 0.371 e. The van der Waals surface area contributed by atoms with Crippen LogP contribution in [0.25, 0.3) is 22.6 Å². The van der Waals surface area contributed by atoms with Gasteiger partial charge in [0.15, 0.2) is 23.1 Å². The third-order valence-corrected chi connectivity index (χ3v) is 2.89. The quantitative estimate of drug-likeness (QED) is 0.753. The van der Waals surface area contributed by atoms with Gasteiger partial charge < -0.3 is 5.32 Å². The predicted molar refractivity (Wildman–Crippen MR) is 69.3 cm³/mol. The van der Waals surface area contributed by atoms with Crippen LogP contribution in [0.1, 0.15) is 6.55 Å². The summed E-state index contributed by atoms with van der Waals surface area (Å²) in [5, 5.41) is 5.93. The molecule has 0 saturated heterocycles. The summed E-state index contributed by atoms with van der Waals surface area (Å²) < 4.78 is 53.0. The molecule has 0 aliphatic heterocycles. The van der Waals surface area contributed by atoms with Crippen LogP contribution in [-0.4, -0.2) is 31.8 Å². The average Bonchev–Trinajstić information content (AvgIpc) is 2.90. The van der Waals surface area contributed by atoms with Crippen LogP contribution in [0.15, 0.2) is 18.5 Å².